The molecule has 2 aromatic carbocycles. The molecule has 7 heteroatoms. The molecule has 0 radical (unpaired) electrons. The third-order valence-electron chi connectivity index (χ3n) is 5.18. The summed E-state index contributed by atoms with van der Waals surface area (Å²) in [4.78, 5) is 18.0. The van der Waals surface area contributed by atoms with Gasteiger partial charge in [-0.05, 0) is 35.7 Å². The number of carbonyl (C=O) groups excluding carboxylic acids is 1. The number of alkyl halides is 1. The Morgan fingerprint density at radius 1 is 1.21 bits per heavy atom. The van der Waals surface area contributed by atoms with Crippen molar-refractivity contribution in [3.05, 3.63) is 59.5 Å². The van der Waals surface area contributed by atoms with Crippen molar-refractivity contribution in [3.8, 4) is 11.1 Å². The van der Waals surface area contributed by atoms with E-state index in [1.54, 1.807) is 11.0 Å². The number of nitrogens with two attached hydrogens (primary N) is 2. The zero-order chi connectivity index (χ0) is 19.8. The molecule has 3 aromatic rings. The standard InChI is InChI=1S/C21H22F2N4O/c22-13-5-6-18-17(8-13)19-16-4-2-1-3-12(16)10-27(21(28)20(19)26-18)11-15(25)7-14(23)9-24/h1-6,8,14-15,26H,7,9-11,24-25H2/t14-,15+/m1/s1. The van der Waals surface area contributed by atoms with Gasteiger partial charge in [-0.15, -0.1) is 0 Å². The summed E-state index contributed by atoms with van der Waals surface area (Å²) in [6.07, 6.45) is -1.11. The van der Waals surface area contributed by atoms with Gasteiger partial charge >= 0.3 is 0 Å². The maximum atomic E-state index is 13.9. The van der Waals surface area contributed by atoms with Gasteiger partial charge in [0.15, 0.2) is 0 Å². The number of nitrogens with zero attached hydrogens (tertiary/aromatic N) is 1. The first-order valence-corrected chi connectivity index (χ1v) is 9.26. The van der Waals surface area contributed by atoms with Crippen LogP contribution in [0.2, 0.25) is 0 Å². The highest BCUT2D eigenvalue weighted by atomic mass is 19.1. The van der Waals surface area contributed by atoms with Crippen LogP contribution in [0.15, 0.2) is 42.5 Å². The molecule has 0 aliphatic carbocycles. The molecule has 2 heterocycles. The van der Waals surface area contributed by atoms with Crippen LogP contribution in [-0.4, -0.2) is 41.1 Å². The minimum absolute atomic E-state index is 0.0900. The average molecular weight is 384 g/mol. The minimum Gasteiger partial charge on any atom is -0.350 e. The van der Waals surface area contributed by atoms with E-state index < -0.39 is 12.2 Å². The molecule has 0 unspecified atom stereocenters. The van der Waals surface area contributed by atoms with Crippen LogP contribution in [0.4, 0.5) is 8.78 Å². The molecule has 0 spiro atoms. The van der Waals surface area contributed by atoms with Crippen LogP contribution < -0.4 is 11.5 Å². The highest BCUT2D eigenvalue weighted by Gasteiger charge is 2.30. The molecule has 5 nitrogen and oxygen atoms in total. The Labute approximate surface area is 161 Å². The molecule has 1 aliphatic rings. The lowest BCUT2D eigenvalue weighted by Crippen LogP contribution is -2.42. The summed E-state index contributed by atoms with van der Waals surface area (Å²) in [6.45, 7) is 0.459. The van der Waals surface area contributed by atoms with E-state index in [2.05, 4.69) is 4.98 Å². The van der Waals surface area contributed by atoms with Gasteiger partial charge in [0, 0.05) is 42.1 Å². The number of aromatic amines is 1. The van der Waals surface area contributed by atoms with Crippen molar-refractivity contribution >= 4 is 16.8 Å². The van der Waals surface area contributed by atoms with E-state index in [1.165, 1.54) is 12.1 Å². The van der Waals surface area contributed by atoms with E-state index in [0.29, 0.717) is 28.7 Å². The lowest BCUT2D eigenvalue weighted by atomic mass is 9.98. The van der Waals surface area contributed by atoms with Gasteiger partial charge in [0.05, 0.1) is 0 Å². The van der Waals surface area contributed by atoms with Gasteiger partial charge in [-0.25, -0.2) is 8.78 Å². The third-order valence-corrected chi connectivity index (χ3v) is 5.18. The summed E-state index contributed by atoms with van der Waals surface area (Å²) in [5.41, 5.74) is 15.0. The second kappa shape index (κ2) is 7.33. The number of hydrogen-bond acceptors (Lipinski definition) is 3. The van der Waals surface area contributed by atoms with E-state index in [9.17, 15) is 13.6 Å². The van der Waals surface area contributed by atoms with Crippen molar-refractivity contribution in [2.45, 2.75) is 25.2 Å². The van der Waals surface area contributed by atoms with Gasteiger partial charge < -0.3 is 21.4 Å². The SMILES string of the molecule is NC[C@H](F)C[C@H](N)CN1Cc2ccccc2-c2c([nH]c3ccc(F)cc23)C1=O. The number of benzene rings is 2. The van der Waals surface area contributed by atoms with Crippen molar-refractivity contribution in [1.29, 1.82) is 0 Å². The number of fused-ring (bicyclic) bond motifs is 5. The predicted molar refractivity (Wildman–Crippen MR) is 105 cm³/mol. The maximum absolute atomic E-state index is 13.9. The Kier molecular flexibility index (Phi) is 4.87. The molecule has 0 saturated carbocycles. The minimum atomic E-state index is -1.20. The van der Waals surface area contributed by atoms with E-state index in [4.69, 9.17) is 11.5 Å². The zero-order valence-corrected chi connectivity index (χ0v) is 15.3. The molecular formula is C21H22F2N4O. The summed E-state index contributed by atoms with van der Waals surface area (Å²) in [5.74, 6) is -0.598. The number of nitrogens with one attached hydrogen (secondary N) is 1. The van der Waals surface area contributed by atoms with E-state index in [1.807, 2.05) is 24.3 Å². The Morgan fingerprint density at radius 3 is 2.79 bits per heavy atom. The van der Waals surface area contributed by atoms with Crippen LogP contribution in [0.1, 0.15) is 22.5 Å². The van der Waals surface area contributed by atoms with Gasteiger partial charge in [0.1, 0.15) is 17.7 Å². The van der Waals surface area contributed by atoms with Gasteiger partial charge in [0.2, 0.25) is 0 Å². The molecular weight excluding hydrogens is 362 g/mol. The molecule has 0 fully saturated rings. The van der Waals surface area contributed by atoms with Crippen molar-refractivity contribution < 1.29 is 13.6 Å². The molecule has 1 aliphatic heterocycles. The first kappa shape index (κ1) is 18.6. The molecule has 146 valence electrons. The van der Waals surface area contributed by atoms with Crippen LogP contribution in [0, 0.1) is 5.82 Å². The van der Waals surface area contributed by atoms with E-state index >= 15 is 0 Å². The fourth-order valence-corrected chi connectivity index (χ4v) is 3.87. The van der Waals surface area contributed by atoms with Gasteiger partial charge in [0.25, 0.3) is 5.91 Å². The number of amides is 1. The zero-order valence-electron chi connectivity index (χ0n) is 15.3. The lowest BCUT2D eigenvalue weighted by molar-refractivity contribution is 0.0724. The molecule has 0 saturated heterocycles. The van der Waals surface area contributed by atoms with Crippen LogP contribution in [0.25, 0.3) is 22.0 Å². The quantitative estimate of drug-likeness (QED) is 0.632. The summed E-state index contributed by atoms with van der Waals surface area (Å²) in [7, 11) is 0. The Bertz CT molecular complexity index is 1030. The second-order valence-corrected chi connectivity index (χ2v) is 7.24. The number of carbonyl (C=O) groups is 1. The highest BCUT2D eigenvalue weighted by molar-refractivity contribution is 6.11. The Balaban J connectivity index is 1.80. The van der Waals surface area contributed by atoms with Crippen molar-refractivity contribution in [2.24, 2.45) is 11.5 Å². The molecule has 1 aromatic heterocycles. The van der Waals surface area contributed by atoms with Crippen molar-refractivity contribution in [2.75, 3.05) is 13.1 Å². The molecule has 1 amide bonds. The fraction of sp³-hybridized carbons (Fsp3) is 0.286. The fourth-order valence-electron chi connectivity index (χ4n) is 3.87. The smallest absolute Gasteiger partial charge is 0.271 e. The predicted octanol–water partition coefficient (Wildman–Crippen LogP) is 2.94. The average Bonchev–Trinajstić information content (AvgIpc) is 3.00. The largest absolute Gasteiger partial charge is 0.350 e. The second-order valence-electron chi connectivity index (χ2n) is 7.24. The van der Waals surface area contributed by atoms with Crippen LogP contribution in [-0.2, 0) is 6.54 Å². The van der Waals surface area contributed by atoms with Gasteiger partial charge in [-0.1, -0.05) is 24.3 Å². The molecule has 2 atom stereocenters. The normalized spacial score (nSPS) is 15.9. The number of halogens is 2. The van der Waals surface area contributed by atoms with Gasteiger partial charge in [-0.3, -0.25) is 4.79 Å². The summed E-state index contributed by atoms with van der Waals surface area (Å²) < 4.78 is 27.5. The highest BCUT2D eigenvalue weighted by Crippen LogP contribution is 2.38. The van der Waals surface area contributed by atoms with Crippen LogP contribution in [0.5, 0.6) is 0 Å². The monoisotopic (exact) mass is 384 g/mol. The number of hydrogen-bond donors (Lipinski definition) is 3. The summed E-state index contributed by atoms with van der Waals surface area (Å²) >= 11 is 0. The maximum Gasteiger partial charge on any atom is 0.271 e. The summed E-state index contributed by atoms with van der Waals surface area (Å²) in [5, 5.41) is 0.661. The third kappa shape index (κ3) is 3.27. The topological polar surface area (TPSA) is 88.1 Å². The van der Waals surface area contributed by atoms with Crippen LogP contribution in [0.3, 0.4) is 0 Å². The molecule has 5 N–H and O–H groups in total. The van der Waals surface area contributed by atoms with Crippen molar-refractivity contribution in [3.63, 3.8) is 0 Å². The molecule has 0 bridgehead atoms. The first-order valence-electron chi connectivity index (χ1n) is 9.26. The number of H-pyrrole nitrogens is 1. The van der Waals surface area contributed by atoms with Crippen molar-refractivity contribution in [1.82, 2.24) is 9.88 Å². The molecule has 4 rings (SSSR count). The first-order chi connectivity index (χ1) is 13.5. The van der Waals surface area contributed by atoms with E-state index in [-0.39, 0.29) is 31.2 Å². The Hall–Kier alpha value is -2.77. The van der Waals surface area contributed by atoms with E-state index in [0.717, 1.165) is 11.1 Å². The summed E-state index contributed by atoms with van der Waals surface area (Å²) in [6, 6.07) is 11.5. The number of rotatable bonds is 5. The number of aromatic nitrogens is 1. The molecule has 28 heavy (non-hydrogen) atoms. The Morgan fingerprint density at radius 2 is 2.00 bits per heavy atom. The lowest BCUT2D eigenvalue weighted by Gasteiger charge is -2.25. The van der Waals surface area contributed by atoms with Gasteiger partial charge in [-0.2, -0.15) is 0 Å². The van der Waals surface area contributed by atoms with Crippen LogP contribution >= 0.6 is 0 Å².